The van der Waals surface area contributed by atoms with Gasteiger partial charge in [0.2, 0.25) is 5.91 Å². The number of hydrogen-bond donors (Lipinski definition) is 2. The first kappa shape index (κ1) is 16.6. The molecule has 22 heavy (non-hydrogen) atoms. The van der Waals surface area contributed by atoms with E-state index in [-0.39, 0.29) is 18.0 Å². The van der Waals surface area contributed by atoms with Crippen LogP contribution in [0.5, 0.6) is 5.75 Å². The van der Waals surface area contributed by atoms with Gasteiger partial charge in [-0.15, -0.1) is 0 Å². The van der Waals surface area contributed by atoms with Gasteiger partial charge in [-0.05, 0) is 12.1 Å². The number of halogens is 3. The van der Waals surface area contributed by atoms with Gasteiger partial charge >= 0.3 is 0 Å². The van der Waals surface area contributed by atoms with Gasteiger partial charge in [-0.25, -0.2) is 13.2 Å². The van der Waals surface area contributed by atoms with Gasteiger partial charge in [0.25, 0.3) is 5.92 Å². The van der Waals surface area contributed by atoms with Gasteiger partial charge in [-0.2, -0.15) is 0 Å². The average Bonchev–Trinajstić information content (AvgIpc) is 2.82. The Kier molecular flexibility index (Phi) is 5.25. The number of alkyl halides is 2. The SMILES string of the molecule is COCCOc1ccc(NC(=O)C2CC(F)(F)CN2)cc1F. The number of rotatable bonds is 6. The molecule has 1 heterocycles. The molecule has 0 bridgehead atoms. The fourth-order valence-corrected chi connectivity index (χ4v) is 2.06. The second-order valence-corrected chi connectivity index (χ2v) is 4.97. The first-order valence-electron chi connectivity index (χ1n) is 6.75. The quantitative estimate of drug-likeness (QED) is 0.785. The molecule has 1 fully saturated rings. The number of carbonyl (C=O) groups is 1. The lowest BCUT2D eigenvalue weighted by Gasteiger charge is -2.12. The van der Waals surface area contributed by atoms with Crippen LogP contribution in [0.15, 0.2) is 18.2 Å². The van der Waals surface area contributed by atoms with E-state index in [0.29, 0.717) is 6.61 Å². The molecule has 122 valence electrons. The summed E-state index contributed by atoms with van der Waals surface area (Å²) in [7, 11) is 1.50. The van der Waals surface area contributed by atoms with E-state index >= 15 is 0 Å². The van der Waals surface area contributed by atoms with E-state index in [1.807, 2.05) is 0 Å². The van der Waals surface area contributed by atoms with Crippen molar-refractivity contribution in [3.8, 4) is 5.75 Å². The van der Waals surface area contributed by atoms with Gasteiger partial charge in [0.05, 0.1) is 19.2 Å². The van der Waals surface area contributed by atoms with E-state index < -0.39 is 36.7 Å². The monoisotopic (exact) mass is 318 g/mol. The lowest BCUT2D eigenvalue weighted by atomic mass is 10.2. The van der Waals surface area contributed by atoms with Crippen molar-refractivity contribution in [1.29, 1.82) is 0 Å². The zero-order chi connectivity index (χ0) is 16.2. The molecule has 0 aromatic heterocycles. The highest BCUT2D eigenvalue weighted by Crippen LogP contribution is 2.26. The minimum atomic E-state index is -2.90. The molecule has 1 amide bonds. The summed E-state index contributed by atoms with van der Waals surface area (Å²) in [6.45, 7) is -0.0224. The zero-order valence-electron chi connectivity index (χ0n) is 12.0. The van der Waals surface area contributed by atoms with Gasteiger partial charge in [-0.1, -0.05) is 0 Å². The number of carbonyl (C=O) groups excluding carboxylic acids is 1. The first-order chi connectivity index (χ1) is 10.4. The summed E-state index contributed by atoms with van der Waals surface area (Å²) >= 11 is 0. The molecule has 1 aromatic rings. The minimum absolute atomic E-state index is 0.0283. The van der Waals surface area contributed by atoms with Crippen molar-refractivity contribution in [2.45, 2.75) is 18.4 Å². The van der Waals surface area contributed by atoms with Crippen LogP contribution in [0.4, 0.5) is 18.9 Å². The van der Waals surface area contributed by atoms with Crippen LogP contribution in [0.3, 0.4) is 0 Å². The molecule has 0 spiro atoms. The highest BCUT2D eigenvalue weighted by Gasteiger charge is 2.42. The number of methoxy groups -OCH3 is 1. The minimum Gasteiger partial charge on any atom is -0.488 e. The van der Waals surface area contributed by atoms with Crippen molar-refractivity contribution in [3.05, 3.63) is 24.0 Å². The fourth-order valence-electron chi connectivity index (χ4n) is 2.06. The molecule has 1 aliphatic heterocycles. The molecule has 1 aliphatic rings. The summed E-state index contributed by atoms with van der Waals surface area (Å²) in [6, 6.07) is 2.89. The van der Waals surface area contributed by atoms with Crippen LogP contribution in [-0.2, 0) is 9.53 Å². The lowest BCUT2D eigenvalue weighted by Crippen LogP contribution is -2.35. The number of ether oxygens (including phenoxy) is 2. The van der Waals surface area contributed by atoms with Crippen molar-refractivity contribution < 1.29 is 27.4 Å². The van der Waals surface area contributed by atoms with E-state index in [1.54, 1.807) is 0 Å². The van der Waals surface area contributed by atoms with Crippen molar-refractivity contribution >= 4 is 11.6 Å². The molecule has 8 heteroatoms. The van der Waals surface area contributed by atoms with Crippen LogP contribution in [0.2, 0.25) is 0 Å². The summed E-state index contributed by atoms with van der Waals surface area (Å²) in [5, 5.41) is 4.83. The molecule has 2 N–H and O–H groups in total. The molecular weight excluding hydrogens is 301 g/mol. The Morgan fingerprint density at radius 3 is 2.82 bits per heavy atom. The number of amides is 1. The number of nitrogens with one attached hydrogen (secondary N) is 2. The van der Waals surface area contributed by atoms with Crippen molar-refractivity contribution in [2.75, 3.05) is 32.2 Å². The number of hydrogen-bond acceptors (Lipinski definition) is 4. The number of benzene rings is 1. The summed E-state index contributed by atoms with van der Waals surface area (Å²) in [5.41, 5.74) is 0.179. The maximum Gasteiger partial charge on any atom is 0.262 e. The Morgan fingerprint density at radius 1 is 1.45 bits per heavy atom. The first-order valence-corrected chi connectivity index (χ1v) is 6.75. The molecule has 1 unspecified atom stereocenters. The van der Waals surface area contributed by atoms with E-state index in [9.17, 15) is 18.0 Å². The Balaban J connectivity index is 1.93. The van der Waals surface area contributed by atoms with Gasteiger partial charge in [0, 0.05) is 25.3 Å². The summed E-state index contributed by atoms with van der Waals surface area (Å²) in [4.78, 5) is 11.8. The molecule has 1 atom stereocenters. The van der Waals surface area contributed by atoms with Crippen LogP contribution in [0, 0.1) is 5.82 Å². The van der Waals surface area contributed by atoms with E-state index in [1.165, 1.54) is 19.2 Å². The van der Waals surface area contributed by atoms with Crippen LogP contribution in [0.1, 0.15) is 6.42 Å². The predicted octanol–water partition coefficient (Wildman–Crippen LogP) is 1.79. The third kappa shape index (κ3) is 4.35. The molecular formula is C14H17F3N2O3. The van der Waals surface area contributed by atoms with Crippen LogP contribution < -0.4 is 15.4 Å². The summed E-state index contributed by atoms with van der Waals surface area (Å²) in [5.74, 6) is -4.14. The maximum atomic E-state index is 13.8. The second kappa shape index (κ2) is 6.97. The van der Waals surface area contributed by atoms with Crippen LogP contribution >= 0.6 is 0 Å². The standard InChI is InChI=1S/C14H17F3N2O3/c1-21-4-5-22-12-3-2-9(6-10(12)15)19-13(20)11-7-14(16,17)8-18-11/h2-3,6,11,18H,4-5,7-8H2,1H3,(H,19,20). The Morgan fingerprint density at radius 2 is 2.23 bits per heavy atom. The van der Waals surface area contributed by atoms with Gasteiger partial charge < -0.3 is 14.8 Å². The Hall–Kier alpha value is -1.80. The zero-order valence-corrected chi connectivity index (χ0v) is 12.0. The Bertz CT molecular complexity index is 540. The largest absolute Gasteiger partial charge is 0.488 e. The Labute approximate surface area is 125 Å². The van der Waals surface area contributed by atoms with Gasteiger partial charge in [0.15, 0.2) is 11.6 Å². The third-order valence-electron chi connectivity index (χ3n) is 3.17. The van der Waals surface area contributed by atoms with Crippen molar-refractivity contribution in [3.63, 3.8) is 0 Å². The highest BCUT2D eigenvalue weighted by atomic mass is 19.3. The molecule has 0 saturated carbocycles. The third-order valence-corrected chi connectivity index (χ3v) is 3.17. The van der Waals surface area contributed by atoms with Crippen LogP contribution in [-0.4, -0.2) is 44.7 Å². The van der Waals surface area contributed by atoms with Crippen molar-refractivity contribution in [2.24, 2.45) is 0 Å². The van der Waals surface area contributed by atoms with E-state index in [2.05, 4.69) is 10.6 Å². The lowest BCUT2D eigenvalue weighted by molar-refractivity contribution is -0.118. The number of anilines is 1. The molecule has 1 saturated heterocycles. The highest BCUT2D eigenvalue weighted by molar-refractivity contribution is 5.95. The van der Waals surface area contributed by atoms with E-state index in [0.717, 1.165) is 6.07 Å². The smallest absolute Gasteiger partial charge is 0.262 e. The summed E-state index contributed by atoms with van der Waals surface area (Å²) in [6.07, 6.45) is -0.570. The fraction of sp³-hybridized carbons (Fsp3) is 0.500. The van der Waals surface area contributed by atoms with E-state index in [4.69, 9.17) is 9.47 Å². The molecule has 5 nitrogen and oxygen atoms in total. The normalized spacial score (nSPS) is 19.9. The maximum absolute atomic E-state index is 13.8. The molecule has 1 aromatic carbocycles. The van der Waals surface area contributed by atoms with Crippen molar-refractivity contribution in [1.82, 2.24) is 5.32 Å². The molecule has 2 rings (SSSR count). The predicted molar refractivity (Wildman–Crippen MR) is 73.8 cm³/mol. The van der Waals surface area contributed by atoms with Gasteiger partial charge in [0.1, 0.15) is 6.61 Å². The average molecular weight is 318 g/mol. The van der Waals surface area contributed by atoms with Gasteiger partial charge in [-0.3, -0.25) is 10.1 Å². The molecule has 0 aliphatic carbocycles. The summed E-state index contributed by atoms with van der Waals surface area (Å²) < 4.78 is 49.8. The van der Waals surface area contributed by atoms with Crippen LogP contribution in [0.25, 0.3) is 0 Å². The molecule has 0 radical (unpaired) electrons. The topological polar surface area (TPSA) is 59.6 Å². The second-order valence-electron chi connectivity index (χ2n) is 4.97.